The summed E-state index contributed by atoms with van der Waals surface area (Å²) in [7, 11) is 0. The molecule has 4 aromatic rings. The lowest BCUT2D eigenvalue weighted by atomic mass is 9.36. The molecule has 0 radical (unpaired) electrons. The first-order valence-corrected chi connectivity index (χ1v) is 10.4. The number of carbonyl (C=O) groups is 1. The van der Waals surface area contributed by atoms with Crippen LogP contribution in [-0.2, 0) is 0 Å². The van der Waals surface area contributed by atoms with Crippen molar-refractivity contribution in [3.05, 3.63) is 109 Å². The average Bonchev–Trinajstić information content (AvgIpc) is 2.82. The monoisotopic (exact) mass is 408 g/mol. The first-order valence-electron chi connectivity index (χ1n) is 10.4. The van der Waals surface area contributed by atoms with Crippen molar-refractivity contribution in [3.8, 4) is 16.9 Å². The molecule has 0 aliphatic rings. The number of carboxylic acid groups (broad SMARTS) is 1. The van der Waals surface area contributed by atoms with E-state index in [1.54, 1.807) is 12.1 Å². The zero-order valence-electron chi connectivity index (χ0n) is 17.7. The summed E-state index contributed by atoms with van der Waals surface area (Å²) >= 11 is 0. The predicted molar refractivity (Wildman–Crippen MR) is 129 cm³/mol. The molecule has 31 heavy (non-hydrogen) atoms. The highest BCUT2D eigenvalue weighted by atomic mass is 16.7. The van der Waals surface area contributed by atoms with Gasteiger partial charge in [-0.2, -0.15) is 0 Å². The molecule has 154 valence electrons. The Balaban J connectivity index is 0.00000132. The van der Waals surface area contributed by atoms with Crippen molar-refractivity contribution in [2.75, 3.05) is 0 Å². The summed E-state index contributed by atoms with van der Waals surface area (Å²) in [6, 6.07) is 36.0. The topological polar surface area (TPSA) is 46.5 Å². The van der Waals surface area contributed by atoms with Gasteiger partial charge in [-0.1, -0.05) is 133 Å². The molecule has 0 spiro atoms. The molecule has 4 rings (SSSR count). The summed E-state index contributed by atoms with van der Waals surface area (Å²) in [6.45, 7) is 4.01. The van der Waals surface area contributed by atoms with Crippen LogP contribution in [0.1, 0.15) is 13.8 Å². The number of rotatable bonds is 5. The smallest absolute Gasteiger partial charge is 0.449 e. The quantitative estimate of drug-likeness (QED) is 0.289. The summed E-state index contributed by atoms with van der Waals surface area (Å²) in [6.07, 6.45) is -1.32. The zero-order chi connectivity index (χ0) is 22.1. The second-order valence-electron chi connectivity index (χ2n) is 6.71. The second-order valence-corrected chi connectivity index (χ2v) is 6.71. The predicted octanol–water partition coefficient (Wildman–Crippen LogP) is 4.95. The fourth-order valence-electron chi connectivity index (χ4n) is 3.71. The van der Waals surface area contributed by atoms with Crippen LogP contribution >= 0.6 is 0 Å². The zero-order valence-corrected chi connectivity index (χ0v) is 17.7. The molecule has 4 aromatic carbocycles. The lowest BCUT2D eigenvalue weighted by Crippen LogP contribution is -2.52. The number of hydrogen-bond acceptors (Lipinski definition) is 2. The standard InChI is InChI=1S/C25H19BO3.C2H6/c27-25(28)29-24-18-10-8-16-22(24)21-15-7-9-17-23(21)26(19-11-3-1-4-12-19)20-13-5-2-6-14-20;1-2/h1-18H,(H,27,28);1-2H3. The lowest BCUT2D eigenvalue weighted by molar-refractivity contribution is 0.144. The van der Waals surface area contributed by atoms with E-state index in [9.17, 15) is 4.79 Å². The van der Waals surface area contributed by atoms with E-state index < -0.39 is 6.16 Å². The average molecular weight is 408 g/mol. The van der Waals surface area contributed by atoms with Crippen molar-refractivity contribution in [3.63, 3.8) is 0 Å². The normalized spacial score (nSPS) is 9.87. The fourth-order valence-corrected chi connectivity index (χ4v) is 3.71. The van der Waals surface area contributed by atoms with Gasteiger partial charge < -0.3 is 9.84 Å². The van der Waals surface area contributed by atoms with Gasteiger partial charge in [0.25, 0.3) is 0 Å². The maximum Gasteiger partial charge on any atom is 0.511 e. The Hall–Kier alpha value is -3.79. The Labute approximate surface area is 184 Å². The minimum absolute atomic E-state index is 0.00600. The van der Waals surface area contributed by atoms with E-state index in [0.717, 1.165) is 16.6 Å². The van der Waals surface area contributed by atoms with Crippen LogP contribution in [0.4, 0.5) is 4.79 Å². The van der Waals surface area contributed by atoms with Crippen molar-refractivity contribution in [1.29, 1.82) is 0 Å². The van der Waals surface area contributed by atoms with E-state index in [2.05, 4.69) is 30.3 Å². The SMILES string of the molecule is CC.O=C(O)Oc1ccccc1-c1ccccc1B(c1ccccc1)c1ccccc1. The third kappa shape index (κ3) is 5.23. The highest BCUT2D eigenvalue weighted by molar-refractivity contribution is 6.96. The molecule has 3 nitrogen and oxygen atoms in total. The Bertz CT molecular complexity index is 1070. The van der Waals surface area contributed by atoms with Crippen LogP contribution in [0.5, 0.6) is 5.75 Å². The summed E-state index contributed by atoms with van der Waals surface area (Å²) in [4.78, 5) is 11.2. The van der Waals surface area contributed by atoms with Gasteiger partial charge in [0.2, 0.25) is 6.71 Å². The van der Waals surface area contributed by atoms with E-state index in [0.29, 0.717) is 5.75 Å². The minimum atomic E-state index is -1.32. The molecule has 1 N–H and O–H groups in total. The van der Waals surface area contributed by atoms with Gasteiger partial charge in [0.05, 0.1) is 0 Å². The van der Waals surface area contributed by atoms with Gasteiger partial charge in [-0.3, -0.25) is 0 Å². The molecule has 0 fully saturated rings. The van der Waals surface area contributed by atoms with E-state index >= 15 is 0 Å². The maximum absolute atomic E-state index is 11.2. The Morgan fingerprint density at radius 2 is 1.10 bits per heavy atom. The van der Waals surface area contributed by atoms with Crippen molar-refractivity contribution in [1.82, 2.24) is 0 Å². The van der Waals surface area contributed by atoms with Gasteiger partial charge in [-0.25, -0.2) is 4.79 Å². The van der Waals surface area contributed by atoms with Gasteiger partial charge in [0, 0.05) is 5.56 Å². The van der Waals surface area contributed by atoms with Gasteiger partial charge in [0.15, 0.2) is 0 Å². The molecule has 0 aliphatic carbocycles. The molecule has 0 unspecified atom stereocenters. The van der Waals surface area contributed by atoms with E-state index in [-0.39, 0.29) is 6.71 Å². The number of benzene rings is 4. The molecule has 0 bridgehead atoms. The van der Waals surface area contributed by atoms with Crippen LogP contribution in [0.15, 0.2) is 109 Å². The third-order valence-electron chi connectivity index (χ3n) is 4.91. The lowest BCUT2D eigenvalue weighted by Gasteiger charge is -2.20. The maximum atomic E-state index is 11.2. The third-order valence-corrected chi connectivity index (χ3v) is 4.91. The van der Waals surface area contributed by atoms with Crippen LogP contribution in [0.2, 0.25) is 0 Å². The fraction of sp³-hybridized carbons (Fsp3) is 0.0741. The summed E-state index contributed by atoms with van der Waals surface area (Å²) in [5, 5.41) is 9.15. The van der Waals surface area contributed by atoms with Gasteiger partial charge in [-0.05, 0) is 11.6 Å². The Kier molecular flexibility index (Phi) is 7.66. The Morgan fingerprint density at radius 1 is 0.645 bits per heavy atom. The molecule has 0 amide bonds. The highest BCUT2D eigenvalue weighted by Gasteiger charge is 2.25. The largest absolute Gasteiger partial charge is 0.511 e. The molecule has 0 saturated carbocycles. The molecular weight excluding hydrogens is 383 g/mol. The Morgan fingerprint density at radius 3 is 1.65 bits per heavy atom. The van der Waals surface area contributed by atoms with Crippen molar-refractivity contribution in [2.45, 2.75) is 13.8 Å². The van der Waals surface area contributed by atoms with Crippen LogP contribution < -0.4 is 21.1 Å². The van der Waals surface area contributed by atoms with E-state index in [1.165, 1.54) is 10.9 Å². The first-order chi connectivity index (χ1) is 15.2. The van der Waals surface area contributed by atoms with Gasteiger partial charge in [0.1, 0.15) is 5.75 Å². The highest BCUT2D eigenvalue weighted by Crippen LogP contribution is 2.29. The number of para-hydroxylation sites is 1. The van der Waals surface area contributed by atoms with E-state index in [1.807, 2.05) is 80.6 Å². The van der Waals surface area contributed by atoms with Crippen LogP contribution in [0.25, 0.3) is 11.1 Å². The molecule has 0 saturated heterocycles. The second kappa shape index (κ2) is 10.8. The molecule has 0 aromatic heterocycles. The first kappa shape index (κ1) is 21.9. The summed E-state index contributed by atoms with van der Waals surface area (Å²) in [5.74, 6) is 0.326. The molecule has 0 heterocycles. The minimum Gasteiger partial charge on any atom is -0.449 e. The molecule has 0 atom stereocenters. The van der Waals surface area contributed by atoms with Crippen molar-refractivity contribution >= 4 is 29.3 Å². The van der Waals surface area contributed by atoms with Crippen LogP contribution in [-0.4, -0.2) is 18.0 Å². The van der Waals surface area contributed by atoms with Crippen molar-refractivity contribution in [2.24, 2.45) is 0 Å². The number of hydrogen-bond donors (Lipinski definition) is 1. The molecular formula is C27H25BO3. The summed E-state index contributed by atoms with van der Waals surface area (Å²) in [5.41, 5.74) is 5.13. The van der Waals surface area contributed by atoms with Crippen LogP contribution in [0, 0.1) is 0 Å². The van der Waals surface area contributed by atoms with Gasteiger partial charge in [-0.15, -0.1) is 0 Å². The summed E-state index contributed by atoms with van der Waals surface area (Å²) < 4.78 is 5.06. The molecule has 0 aliphatic heterocycles. The van der Waals surface area contributed by atoms with Crippen LogP contribution in [0.3, 0.4) is 0 Å². The van der Waals surface area contributed by atoms with E-state index in [4.69, 9.17) is 9.84 Å². The molecule has 4 heteroatoms. The van der Waals surface area contributed by atoms with Gasteiger partial charge >= 0.3 is 6.16 Å². The van der Waals surface area contributed by atoms with Crippen molar-refractivity contribution < 1.29 is 14.6 Å². The number of ether oxygens (including phenoxy) is 1.